The van der Waals surface area contributed by atoms with Crippen LogP contribution in [0.1, 0.15) is 50.9 Å². The summed E-state index contributed by atoms with van der Waals surface area (Å²) in [5, 5.41) is 32.5. The predicted octanol–water partition coefficient (Wildman–Crippen LogP) is 4.80. The second kappa shape index (κ2) is 9.64. The fourth-order valence-corrected chi connectivity index (χ4v) is 3.58. The van der Waals surface area contributed by atoms with Gasteiger partial charge in [0, 0.05) is 29.9 Å². The molecular weight excluding hydrogens is 392 g/mol. The van der Waals surface area contributed by atoms with E-state index in [0.29, 0.717) is 17.2 Å². The van der Waals surface area contributed by atoms with E-state index in [1.54, 1.807) is 6.07 Å². The number of aromatic hydroxyl groups is 2. The molecule has 1 unspecified atom stereocenters. The maximum atomic E-state index is 11.0. The van der Waals surface area contributed by atoms with Gasteiger partial charge in [-0.2, -0.15) is 0 Å². The number of benzene rings is 2. The molecule has 7 heteroatoms. The van der Waals surface area contributed by atoms with E-state index in [1.807, 2.05) is 56.5 Å². The van der Waals surface area contributed by atoms with Gasteiger partial charge in [-0.3, -0.25) is 4.57 Å². The lowest BCUT2D eigenvalue weighted by atomic mass is 9.98. The Hall–Kier alpha value is -3.35. The van der Waals surface area contributed by atoms with Gasteiger partial charge in [0.15, 0.2) is 5.82 Å². The lowest BCUT2D eigenvalue weighted by Gasteiger charge is -2.15. The van der Waals surface area contributed by atoms with E-state index < -0.39 is 0 Å². The summed E-state index contributed by atoms with van der Waals surface area (Å²) in [5.41, 5.74) is 3.08. The monoisotopic (exact) mass is 422 g/mol. The van der Waals surface area contributed by atoms with Gasteiger partial charge in [0.2, 0.25) is 0 Å². The van der Waals surface area contributed by atoms with Gasteiger partial charge in [0.05, 0.1) is 5.56 Å². The van der Waals surface area contributed by atoms with Crippen molar-refractivity contribution in [1.29, 1.82) is 0 Å². The summed E-state index contributed by atoms with van der Waals surface area (Å²) in [7, 11) is 0. The molecule has 164 valence electrons. The Morgan fingerprint density at radius 1 is 1.10 bits per heavy atom. The zero-order chi connectivity index (χ0) is 22.5. The molecule has 1 atom stereocenters. The summed E-state index contributed by atoms with van der Waals surface area (Å²) in [5.74, 6) is 1.39. The highest BCUT2D eigenvalue weighted by Gasteiger charge is 2.19. The van der Waals surface area contributed by atoms with Gasteiger partial charge in [0.25, 0.3) is 0 Å². The lowest BCUT2D eigenvalue weighted by molar-refractivity contribution is -0.111. The van der Waals surface area contributed by atoms with Crippen LogP contribution in [0, 0.1) is 12.8 Å². The van der Waals surface area contributed by atoms with Crippen LogP contribution in [0.25, 0.3) is 17.1 Å². The molecule has 1 aromatic heterocycles. The maximum Gasteiger partial charge on any atom is 0.172 e. The van der Waals surface area contributed by atoms with Crippen molar-refractivity contribution >= 4 is 12.0 Å². The van der Waals surface area contributed by atoms with E-state index in [1.165, 1.54) is 6.07 Å². The molecule has 3 rings (SSSR count). The number of carbonyl (C=O) groups excluding carboxylic acids is 1. The second-order valence-electron chi connectivity index (χ2n) is 8.06. The third kappa shape index (κ3) is 4.87. The Morgan fingerprint density at radius 3 is 2.42 bits per heavy atom. The summed E-state index contributed by atoms with van der Waals surface area (Å²) in [4.78, 5) is 11.0. The van der Waals surface area contributed by atoms with Crippen LogP contribution in [0.5, 0.6) is 11.5 Å². The normalized spacial score (nSPS) is 12.2. The Labute approximate surface area is 182 Å². The predicted molar refractivity (Wildman–Crippen MR) is 122 cm³/mol. The van der Waals surface area contributed by atoms with Crippen LogP contribution in [0.4, 0.5) is 5.69 Å². The molecule has 7 nitrogen and oxygen atoms in total. The minimum atomic E-state index is -0.0468. The van der Waals surface area contributed by atoms with Gasteiger partial charge in [0.1, 0.15) is 23.6 Å². The molecule has 0 spiro atoms. The highest BCUT2D eigenvalue weighted by molar-refractivity contribution is 5.69. The van der Waals surface area contributed by atoms with E-state index in [-0.39, 0.29) is 23.3 Å². The molecule has 31 heavy (non-hydrogen) atoms. The number of hydrogen-bond acceptors (Lipinski definition) is 6. The van der Waals surface area contributed by atoms with Gasteiger partial charge in [-0.15, -0.1) is 10.2 Å². The first-order valence-electron chi connectivity index (χ1n) is 10.6. The van der Waals surface area contributed by atoms with Crippen molar-refractivity contribution in [2.24, 2.45) is 5.92 Å². The molecule has 0 bridgehead atoms. The van der Waals surface area contributed by atoms with Crippen molar-refractivity contribution in [1.82, 2.24) is 14.8 Å². The number of phenolic OH excluding ortho intramolecular Hbond substituents is 2. The first-order chi connectivity index (χ1) is 14.8. The Balaban J connectivity index is 1.88. The van der Waals surface area contributed by atoms with E-state index in [2.05, 4.69) is 15.5 Å². The quantitative estimate of drug-likeness (QED) is 0.428. The van der Waals surface area contributed by atoms with Crippen LogP contribution in [-0.4, -0.2) is 37.8 Å². The van der Waals surface area contributed by atoms with Crippen LogP contribution < -0.4 is 5.32 Å². The molecule has 0 saturated heterocycles. The lowest BCUT2D eigenvalue weighted by Crippen LogP contribution is -2.09. The summed E-state index contributed by atoms with van der Waals surface area (Å²) >= 11 is 0. The number of anilines is 1. The largest absolute Gasteiger partial charge is 0.508 e. The minimum absolute atomic E-state index is 0.0468. The van der Waals surface area contributed by atoms with Crippen molar-refractivity contribution < 1.29 is 15.0 Å². The summed E-state index contributed by atoms with van der Waals surface area (Å²) in [6, 6.07) is 11.0. The van der Waals surface area contributed by atoms with E-state index in [9.17, 15) is 15.0 Å². The molecule has 0 aliphatic heterocycles. The molecule has 0 amide bonds. The van der Waals surface area contributed by atoms with E-state index >= 15 is 0 Å². The Bertz CT molecular complexity index is 1040. The first-order valence-corrected chi connectivity index (χ1v) is 10.6. The molecular formula is C24H30N4O3. The van der Waals surface area contributed by atoms with Crippen LogP contribution in [0.2, 0.25) is 0 Å². The van der Waals surface area contributed by atoms with Gasteiger partial charge in [-0.25, -0.2) is 0 Å². The van der Waals surface area contributed by atoms with Crippen molar-refractivity contribution in [3.63, 3.8) is 0 Å². The maximum absolute atomic E-state index is 11.0. The van der Waals surface area contributed by atoms with Gasteiger partial charge in [-0.1, -0.05) is 20.8 Å². The van der Waals surface area contributed by atoms with Crippen LogP contribution in [0.15, 0.2) is 36.4 Å². The number of nitrogens with zero attached hydrogens (tertiary/aromatic N) is 3. The Morgan fingerprint density at radius 2 is 1.81 bits per heavy atom. The number of phenols is 2. The zero-order valence-corrected chi connectivity index (χ0v) is 18.5. The third-order valence-corrected chi connectivity index (χ3v) is 5.52. The van der Waals surface area contributed by atoms with Crippen LogP contribution in [-0.2, 0) is 4.79 Å². The van der Waals surface area contributed by atoms with Crippen molar-refractivity contribution in [3.8, 4) is 28.6 Å². The number of carbonyl (C=O) groups is 1. The minimum Gasteiger partial charge on any atom is -0.508 e. The van der Waals surface area contributed by atoms with E-state index in [4.69, 9.17) is 0 Å². The highest BCUT2D eigenvalue weighted by Crippen LogP contribution is 2.38. The average molecular weight is 423 g/mol. The highest BCUT2D eigenvalue weighted by atomic mass is 16.3. The summed E-state index contributed by atoms with van der Waals surface area (Å²) < 4.78 is 1.87. The smallest absolute Gasteiger partial charge is 0.172 e. The zero-order valence-electron chi connectivity index (χ0n) is 18.5. The van der Waals surface area contributed by atoms with Gasteiger partial charge >= 0.3 is 0 Å². The molecule has 1 heterocycles. The number of aromatic nitrogens is 3. The standard InChI is InChI=1S/C24H30N4O3/c1-5-17(14-29)10-11-25-18-6-8-19(9-7-18)28-16(4)26-27-24(28)21-12-20(15(2)3)22(30)13-23(21)31/h6-9,12-15,17,25,30-31H,5,10-11H2,1-4H3. The molecule has 0 aliphatic rings. The van der Waals surface area contributed by atoms with Gasteiger partial charge in [-0.05, 0) is 61.6 Å². The fourth-order valence-electron chi connectivity index (χ4n) is 3.58. The molecule has 3 aromatic rings. The first kappa shape index (κ1) is 22.3. The number of aldehydes is 1. The number of hydrogen-bond donors (Lipinski definition) is 3. The van der Waals surface area contributed by atoms with Crippen LogP contribution in [0.3, 0.4) is 0 Å². The van der Waals surface area contributed by atoms with Gasteiger partial charge < -0.3 is 20.3 Å². The van der Waals surface area contributed by atoms with E-state index in [0.717, 1.165) is 42.6 Å². The molecule has 0 aliphatic carbocycles. The van der Waals surface area contributed by atoms with Crippen molar-refractivity contribution in [2.75, 3.05) is 11.9 Å². The fraction of sp³-hybridized carbons (Fsp3) is 0.375. The third-order valence-electron chi connectivity index (χ3n) is 5.52. The molecule has 2 aromatic carbocycles. The topological polar surface area (TPSA) is 100 Å². The number of aryl methyl sites for hydroxylation is 1. The average Bonchev–Trinajstić information content (AvgIpc) is 3.12. The second-order valence-corrected chi connectivity index (χ2v) is 8.06. The van der Waals surface area contributed by atoms with Crippen molar-refractivity contribution in [3.05, 3.63) is 47.8 Å². The molecule has 0 fully saturated rings. The SMILES string of the molecule is CCC(C=O)CCNc1ccc(-n2c(C)nnc2-c2cc(C(C)C)c(O)cc2O)cc1. The Kier molecular flexibility index (Phi) is 6.95. The van der Waals surface area contributed by atoms with Crippen molar-refractivity contribution in [2.45, 2.75) is 46.5 Å². The molecule has 3 N–H and O–H groups in total. The van der Waals surface area contributed by atoms with Crippen LogP contribution >= 0.6 is 0 Å². The molecule has 0 radical (unpaired) electrons. The number of rotatable bonds is 9. The summed E-state index contributed by atoms with van der Waals surface area (Å²) in [6.07, 6.45) is 2.67. The number of nitrogens with one attached hydrogen (secondary N) is 1. The molecule has 0 saturated carbocycles. The summed E-state index contributed by atoms with van der Waals surface area (Å²) in [6.45, 7) is 8.56.